The molecule has 0 saturated carbocycles. The Bertz CT molecular complexity index is 3180. The topological polar surface area (TPSA) is 26.3 Å². The van der Waals surface area contributed by atoms with Crippen molar-refractivity contribution in [3.63, 3.8) is 0 Å². The maximum atomic E-state index is 9.30. The lowest BCUT2D eigenvalue weighted by Gasteiger charge is -2.18. The molecule has 2 aromatic heterocycles. The van der Waals surface area contributed by atoms with Crippen LogP contribution in [0.4, 0.5) is 0 Å². The van der Waals surface area contributed by atoms with Crippen LogP contribution in [0, 0.1) is 0 Å². The van der Waals surface area contributed by atoms with E-state index in [0.29, 0.717) is 22.1 Å². The number of furan rings is 2. The summed E-state index contributed by atoms with van der Waals surface area (Å²) in [4.78, 5) is 0. The van der Waals surface area contributed by atoms with Crippen molar-refractivity contribution in [2.24, 2.45) is 0 Å². The molecule has 186 valence electrons. The van der Waals surface area contributed by atoms with Gasteiger partial charge in [0.15, 0.2) is 0 Å². The van der Waals surface area contributed by atoms with Gasteiger partial charge in [0, 0.05) is 27.3 Å². The number of fused-ring (bicyclic) bond motifs is 7. The summed E-state index contributed by atoms with van der Waals surface area (Å²) in [6.07, 6.45) is 1.32. The number of para-hydroxylation sites is 1. The molecular formula is C38H22O2. The van der Waals surface area contributed by atoms with Gasteiger partial charge in [-0.3, -0.25) is 0 Å². The van der Waals surface area contributed by atoms with Crippen LogP contribution < -0.4 is 0 Å². The van der Waals surface area contributed by atoms with Gasteiger partial charge in [-0.1, -0.05) is 109 Å². The quantitative estimate of drug-likeness (QED) is 0.210. The smallest absolute Gasteiger partial charge is 0.136 e. The first-order chi connectivity index (χ1) is 26.1. The maximum Gasteiger partial charge on any atom is 0.136 e. The molecular weight excluding hydrogens is 488 g/mol. The van der Waals surface area contributed by atoms with Gasteiger partial charge in [0.1, 0.15) is 16.7 Å². The third-order valence-corrected chi connectivity index (χ3v) is 7.28. The van der Waals surface area contributed by atoms with Crippen molar-refractivity contribution >= 4 is 65.2 Å². The van der Waals surface area contributed by atoms with E-state index in [1.54, 1.807) is 18.2 Å². The third kappa shape index (κ3) is 2.93. The Hall–Kier alpha value is -5.34. The van der Waals surface area contributed by atoms with Gasteiger partial charge in [0.2, 0.25) is 0 Å². The molecule has 2 heteroatoms. The van der Waals surface area contributed by atoms with Crippen LogP contribution in [0.15, 0.2) is 142 Å². The standard InChI is InChI=1S/C38H22O2/c1-2-12-24-23(10-1)11-9-18-26(24)37-27-14-3-5-16-29(27)38(30-17-6-4-15-28(30)37)33-22-39-35-20-31-25-13-7-8-19-34(25)40-36(31)21-32(33)35/h1-22H/i1D,2D,3D,4D,5D,6D,9D,10D,11D,12D,14D,15D,16D,17D,18D. The summed E-state index contributed by atoms with van der Waals surface area (Å²) in [6.45, 7) is 0. The lowest BCUT2D eigenvalue weighted by molar-refractivity contribution is 0.617. The SMILES string of the molecule is [2H]c1c([2H])c([2H])c2c(-c3c4c([2H])c([2H])c([2H])c([2H])c4c(-c4coc5cc6c(cc45)oc4ccccc46)c4c([2H])c([2H])c([2H])c([2H])c34)c([2H])c([2H])c([2H])c2c1[2H]. The minimum atomic E-state index is -0.768. The molecule has 0 aliphatic heterocycles. The zero-order valence-corrected chi connectivity index (χ0v) is 20.4. The van der Waals surface area contributed by atoms with Crippen LogP contribution in [0.5, 0.6) is 0 Å². The first kappa shape index (κ1) is 11.8. The zero-order chi connectivity index (χ0) is 39.3. The van der Waals surface area contributed by atoms with Crippen molar-refractivity contribution in [1.29, 1.82) is 0 Å². The van der Waals surface area contributed by atoms with Crippen molar-refractivity contribution < 1.29 is 29.4 Å². The molecule has 0 atom stereocenters. The molecule has 7 aromatic carbocycles. The molecule has 2 heterocycles. The van der Waals surface area contributed by atoms with Crippen molar-refractivity contribution in [3.05, 3.63) is 133 Å². The molecule has 2 nitrogen and oxygen atoms in total. The van der Waals surface area contributed by atoms with E-state index in [2.05, 4.69) is 0 Å². The van der Waals surface area contributed by atoms with E-state index in [1.807, 2.05) is 18.2 Å². The molecule has 0 amide bonds. The van der Waals surface area contributed by atoms with E-state index in [4.69, 9.17) is 22.5 Å². The van der Waals surface area contributed by atoms with Crippen LogP contribution in [0.3, 0.4) is 0 Å². The fraction of sp³-hybridized carbons (Fsp3) is 0. The predicted octanol–water partition coefficient (Wildman–Crippen LogP) is 11.1. The third-order valence-electron chi connectivity index (χ3n) is 7.28. The first-order valence-corrected chi connectivity index (χ1v) is 12.4. The maximum absolute atomic E-state index is 9.30. The molecule has 0 bridgehead atoms. The summed E-state index contributed by atoms with van der Waals surface area (Å²) >= 11 is 0. The number of hydrogen-bond donors (Lipinski definition) is 0. The monoisotopic (exact) mass is 525 g/mol. The number of hydrogen-bond acceptors (Lipinski definition) is 2. The molecule has 0 aliphatic carbocycles. The van der Waals surface area contributed by atoms with Crippen LogP contribution in [0.1, 0.15) is 20.6 Å². The van der Waals surface area contributed by atoms with E-state index >= 15 is 0 Å². The Morgan fingerprint density at radius 2 is 1.05 bits per heavy atom. The average molecular weight is 526 g/mol. The summed E-state index contributed by atoms with van der Waals surface area (Å²) in [5.41, 5.74) is 0.676. The summed E-state index contributed by atoms with van der Waals surface area (Å²) in [5, 5.41) is -0.0888. The summed E-state index contributed by atoms with van der Waals surface area (Å²) in [6, 6.07) is 0.304. The van der Waals surface area contributed by atoms with Gasteiger partial charge in [-0.2, -0.15) is 0 Å². The fourth-order valence-electron chi connectivity index (χ4n) is 5.58. The molecule has 9 aromatic rings. The normalized spacial score (nSPS) is 17.2. The molecule has 0 N–H and O–H groups in total. The predicted molar refractivity (Wildman–Crippen MR) is 167 cm³/mol. The second-order valence-electron chi connectivity index (χ2n) is 9.34. The van der Waals surface area contributed by atoms with E-state index in [1.165, 1.54) is 6.26 Å². The van der Waals surface area contributed by atoms with Crippen molar-refractivity contribution in [1.82, 2.24) is 0 Å². The second kappa shape index (κ2) is 8.08. The largest absolute Gasteiger partial charge is 0.464 e. The molecule has 0 radical (unpaired) electrons. The highest BCUT2D eigenvalue weighted by Crippen LogP contribution is 2.47. The van der Waals surface area contributed by atoms with E-state index < -0.39 is 107 Å². The van der Waals surface area contributed by atoms with Crippen molar-refractivity contribution in [2.75, 3.05) is 0 Å². The highest BCUT2D eigenvalue weighted by molar-refractivity contribution is 6.25. The van der Waals surface area contributed by atoms with Gasteiger partial charge < -0.3 is 8.83 Å². The lowest BCUT2D eigenvalue weighted by atomic mass is 9.84. The molecule has 9 rings (SSSR count). The van der Waals surface area contributed by atoms with Gasteiger partial charge in [-0.05, 0) is 61.6 Å². The van der Waals surface area contributed by atoms with Crippen molar-refractivity contribution in [2.45, 2.75) is 0 Å². The van der Waals surface area contributed by atoms with Crippen LogP contribution >= 0.6 is 0 Å². The minimum absolute atomic E-state index is 0.0529. The van der Waals surface area contributed by atoms with Crippen LogP contribution in [-0.2, 0) is 0 Å². The first-order valence-electron chi connectivity index (χ1n) is 19.9. The Kier molecular flexibility index (Phi) is 2.39. The fourth-order valence-corrected chi connectivity index (χ4v) is 5.58. The van der Waals surface area contributed by atoms with E-state index in [9.17, 15) is 6.85 Å². The summed E-state index contributed by atoms with van der Waals surface area (Å²) in [7, 11) is 0. The second-order valence-corrected chi connectivity index (χ2v) is 9.34. The molecule has 0 saturated heterocycles. The Labute approximate surface area is 250 Å². The zero-order valence-electron chi connectivity index (χ0n) is 35.4. The lowest BCUT2D eigenvalue weighted by Crippen LogP contribution is -1.91. The molecule has 0 spiro atoms. The molecule has 0 fully saturated rings. The molecule has 40 heavy (non-hydrogen) atoms. The minimum Gasteiger partial charge on any atom is -0.464 e. The highest BCUT2D eigenvalue weighted by atomic mass is 16.3. The van der Waals surface area contributed by atoms with Gasteiger partial charge >= 0.3 is 0 Å². The van der Waals surface area contributed by atoms with Crippen LogP contribution in [-0.4, -0.2) is 0 Å². The Morgan fingerprint density at radius 3 is 1.80 bits per heavy atom. The highest BCUT2D eigenvalue weighted by Gasteiger charge is 2.21. The van der Waals surface area contributed by atoms with Gasteiger partial charge in [-0.25, -0.2) is 0 Å². The van der Waals surface area contributed by atoms with Gasteiger partial charge in [-0.15, -0.1) is 0 Å². The number of benzene rings is 7. The van der Waals surface area contributed by atoms with Gasteiger partial charge in [0.05, 0.1) is 26.8 Å². The Balaban J connectivity index is 1.61. The van der Waals surface area contributed by atoms with Crippen LogP contribution in [0.2, 0.25) is 0 Å². The van der Waals surface area contributed by atoms with E-state index in [0.717, 1.165) is 10.8 Å². The number of rotatable bonds is 2. The molecule has 0 aliphatic rings. The van der Waals surface area contributed by atoms with Crippen LogP contribution in [0.25, 0.3) is 87.5 Å². The molecule has 0 unspecified atom stereocenters. The average Bonchev–Trinajstić information content (AvgIpc) is 3.76. The summed E-state index contributed by atoms with van der Waals surface area (Å²) in [5.74, 6) is 0. The Morgan fingerprint density at radius 1 is 0.450 bits per heavy atom. The summed E-state index contributed by atoms with van der Waals surface area (Å²) < 4.78 is 145. The van der Waals surface area contributed by atoms with Gasteiger partial charge in [0.25, 0.3) is 0 Å². The van der Waals surface area contributed by atoms with Crippen molar-refractivity contribution in [3.8, 4) is 22.3 Å². The van der Waals surface area contributed by atoms with E-state index in [-0.39, 0.29) is 38.2 Å².